The maximum Gasteiger partial charge on any atom is 0.274 e. The van der Waals surface area contributed by atoms with Crippen LogP contribution in [-0.4, -0.2) is 60.0 Å². The number of aromatic nitrogens is 2. The second-order valence-electron chi connectivity index (χ2n) is 4.57. The molecule has 3 N–H and O–H groups in total. The number of nitrogen functional groups attached to an aromatic ring is 1. The largest absolute Gasteiger partial charge is 0.396 e. The Bertz CT molecular complexity index is 431. The lowest BCUT2D eigenvalue weighted by molar-refractivity contribution is -0.0175. The number of nitrogens with one attached hydrogen (secondary N) is 1. The maximum atomic E-state index is 11.9. The number of aryl methyl sites for hydroxylation is 1. The van der Waals surface area contributed by atoms with Crippen LogP contribution in [0.5, 0.6) is 0 Å². The van der Waals surface area contributed by atoms with E-state index in [1.54, 1.807) is 13.2 Å². The molecule has 1 atom stereocenters. The molecule has 100 valence electrons. The number of ether oxygens (including phenoxy) is 1. The summed E-state index contributed by atoms with van der Waals surface area (Å²) in [6, 6.07) is 0. The molecule has 7 heteroatoms. The number of rotatable bonds is 3. The summed E-state index contributed by atoms with van der Waals surface area (Å²) in [4.78, 5) is 14.0. The van der Waals surface area contributed by atoms with Crippen LogP contribution < -0.4 is 11.1 Å². The smallest absolute Gasteiger partial charge is 0.274 e. The van der Waals surface area contributed by atoms with Gasteiger partial charge in [-0.1, -0.05) is 0 Å². The predicted octanol–water partition coefficient (Wildman–Crippen LogP) is -0.937. The van der Waals surface area contributed by atoms with Gasteiger partial charge in [-0.05, 0) is 7.05 Å². The van der Waals surface area contributed by atoms with Gasteiger partial charge in [0, 0.05) is 32.9 Å². The average Bonchev–Trinajstić information content (AvgIpc) is 2.66. The molecule has 0 aromatic carbocycles. The van der Waals surface area contributed by atoms with Gasteiger partial charge in [0.2, 0.25) is 0 Å². The first kappa shape index (κ1) is 12.8. The van der Waals surface area contributed by atoms with Crippen molar-refractivity contribution in [3.8, 4) is 0 Å². The summed E-state index contributed by atoms with van der Waals surface area (Å²) in [6.45, 7) is 2.91. The van der Waals surface area contributed by atoms with Crippen molar-refractivity contribution in [1.29, 1.82) is 0 Å². The molecule has 7 nitrogen and oxygen atoms in total. The molecule has 0 aliphatic carbocycles. The number of carbonyl (C=O) groups is 1. The summed E-state index contributed by atoms with van der Waals surface area (Å²) in [7, 11) is 3.76. The van der Waals surface area contributed by atoms with Crippen LogP contribution in [0.25, 0.3) is 0 Å². The molecule has 0 bridgehead atoms. The second kappa shape index (κ2) is 5.36. The Morgan fingerprint density at radius 2 is 2.44 bits per heavy atom. The van der Waals surface area contributed by atoms with Gasteiger partial charge in [0.15, 0.2) is 5.69 Å². The van der Waals surface area contributed by atoms with E-state index in [2.05, 4.69) is 15.3 Å². The number of amides is 1. The molecule has 1 saturated heterocycles. The fraction of sp³-hybridized carbons (Fsp3) is 0.636. The van der Waals surface area contributed by atoms with Gasteiger partial charge in [-0.2, -0.15) is 5.10 Å². The normalized spacial score (nSPS) is 20.9. The van der Waals surface area contributed by atoms with E-state index in [0.717, 1.165) is 13.1 Å². The van der Waals surface area contributed by atoms with Crippen molar-refractivity contribution in [3.63, 3.8) is 0 Å². The quantitative estimate of drug-likeness (QED) is 0.726. The van der Waals surface area contributed by atoms with Crippen molar-refractivity contribution < 1.29 is 9.53 Å². The molecule has 2 heterocycles. The van der Waals surface area contributed by atoms with Gasteiger partial charge < -0.3 is 20.7 Å². The van der Waals surface area contributed by atoms with E-state index in [9.17, 15) is 4.79 Å². The Morgan fingerprint density at radius 3 is 3.06 bits per heavy atom. The number of carbonyl (C=O) groups excluding carboxylic acids is 1. The average molecular weight is 253 g/mol. The minimum Gasteiger partial charge on any atom is -0.396 e. The van der Waals surface area contributed by atoms with E-state index in [-0.39, 0.29) is 17.7 Å². The van der Waals surface area contributed by atoms with Crippen LogP contribution in [0.1, 0.15) is 10.5 Å². The Balaban J connectivity index is 1.86. The highest BCUT2D eigenvalue weighted by atomic mass is 16.5. The lowest BCUT2D eigenvalue weighted by Gasteiger charge is -2.29. The zero-order valence-corrected chi connectivity index (χ0v) is 10.7. The van der Waals surface area contributed by atoms with Crippen LogP contribution in [-0.2, 0) is 11.8 Å². The molecular weight excluding hydrogens is 234 g/mol. The summed E-state index contributed by atoms with van der Waals surface area (Å²) in [5.74, 6) is -0.259. The van der Waals surface area contributed by atoms with Crippen molar-refractivity contribution >= 4 is 11.6 Å². The third kappa shape index (κ3) is 2.99. The van der Waals surface area contributed by atoms with Gasteiger partial charge in [-0.15, -0.1) is 0 Å². The van der Waals surface area contributed by atoms with Gasteiger partial charge in [0.1, 0.15) is 0 Å². The summed E-state index contributed by atoms with van der Waals surface area (Å²) in [5, 5.41) is 6.81. The van der Waals surface area contributed by atoms with E-state index >= 15 is 0 Å². The van der Waals surface area contributed by atoms with Crippen molar-refractivity contribution in [1.82, 2.24) is 20.0 Å². The van der Waals surface area contributed by atoms with Crippen molar-refractivity contribution in [3.05, 3.63) is 11.9 Å². The zero-order valence-electron chi connectivity index (χ0n) is 10.7. The SMILES string of the molecule is CN1CCOC(CNC(=O)c2nn(C)cc2N)C1. The lowest BCUT2D eigenvalue weighted by atomic mass is 10.2. The molecule has 0 spiro atoms. The topological polar surface area (TPSA) is 85.4 Å². The van der Waals surface area contributed by atoms with Crippen molar-refractivity contribution in [2.45, 2.75) is 6.10 Å². The van der Waals surface area contributed by atoms with Crippen LogP contribution in [0, 0.1) is 0 Å². The highest BCUT2D eigenvalue weighted by molar-refractivity contribution is 5.96. The fourth-order valence-electron chi connectivity index (χ4n) is 1.96. The Kier molecular flexibility index (Phi) is 3.83. The van der Waals surface area contributed by atoms with Gasteiger partial charge in [0.05, 0.1) is 18.4 Å². The van der Waals surface area contributed by atoms with Crippen molar-refractivity contribution in [2.24, 2.45) is 7.05 Å². The first-order valence-corrected chi connectivity index (χ1v) is 5.93. The Labute approximate surface area is 106 Å². The molecule has 0 radical (unpaired) electrons. The van der Waals surface area contributed by atoms with Gasteiger partial charge in [-0.25, -0.2) is 0 Å². The monoisotopic (exact) mass is 253 g/mol. The molecule has 1 aromatic heterocycles. The zero-order chi connectivity index (χ0) is 13.1. The number of anilines is 1. The number of hydrogen-bond donors (Lipinski definition) is 2. The summed E-state index contributed by atoms with van der Waals surface area (Å²) >= 11 is 0. The molecule has 1 fully saturated rings. The molecule has 1 aliphatic rings. The summed E-state index contributed by atoms with van der Waals surface area (Å²) in [5.41, 5.74) is 6.34. The lowest BCUT2D eigenvalue weighted by Crippen LogP contribution is -2.46. The highest BCUT2D eigenvalue weighted by Crippen LogP contribution is 2.08. The highest BCUT2D eigenvalue weighted by Gasteiger charge is 2.20. The van der Waals surface area contributed by atoms with Crippen LogP contribution >= 0.6 is 0 Å². The number of nitrogens with two attached hydrogens (primary N) is 1. The molecule has 18 heavy (non-hydrogen) atoms. The van der Waals surface area contributed by atoms with E-state index in [4.69, 9.17) is 10.5 Å². The molecule has 1 amide bonds. The molecule has 1 unspecified atom stereocenters. The predicted molar refractivity (Wildman–Crippen MR) is 67.2 cm³/mol. The number of likely N-dealkylation sites (N-methyl/N-ethyl adjacent to an activating group) is 1. The second-order valence-corrected chi connectivity index (χ2v) is 4.57. The van der Waals surface area contributed by atoms with E-state index < -0.39 is 0 Å². The molecule has 0 saturated carbocycles. The number of nitrogens with zero attached hydrogens (tertiary/aromatic N) is 3. The molecule has 1 aliphatic heterocycles. The number of hydrogen-bond acceptors (Lipinski definition) is 5. The minimum absolute atomic E-state index is 0.0256. The first-order valence-electron chi connectivity index (χ1n) is 5.93. The molecular formula is C11H19N5O2. The van der Waals surface area contributed by atoms with Gasteiger partial charge in [0.25, 0.3) is 5.91 Å². The van der Waals surface area contributed by atoms with Crippen LogP contribution in [0.15, 0.2) is 6.20 Å². The third-order valence-corrected chi connectivity index (χ3v) is 2.90. The third-order valence-electron chi connectivity index (χ3n) is 2.90. The van der Waals surface area contributed by atoms with E-state index in [1.807, 2.05) is 7.05 Å². The van der Waals surface area contributed by atoms with Gasteiger partial charge in [-0.3, -0.25) is 9.48 Å². The molecule has 2 rings (SSSR count). The maximum absolute atomic E-state index is 11.9. The number of morpholine rings is 1. The van der Waals surface area contributed by atoms with Crippen LogP contribution in [0.3, 0.4) is 0 Å². The standard InChI is InChI=1S/C11H19N5O2/c1-15-3-4-18-8(6-15)5-13-11(17)10-9(12)7-16(2)14-10/h7-8H,3-6,12H2,1-2H3,(H,13,17). The summed E-state index contributed by atoms with van der Waals surface area (Å²) < 4.78 is 7.08. The fourth-order valence-corrected chi connectivity index (χ4v) is 1.96. The first-order chi connectivity index (χ1) is 8.56. The Morgan fingerprint density at radius 1 is 1.67 bits per heavy atom. The Hall–Kier alpha value is -1.60. The summed E-state index contributed by atoms with van der Waals surface area (Å²) in [6.07, 6.45) is 1.64. The minimum atomic E-state index is -0.259. The van der Waals surface area contributed by atoms with Crippen LogP contribution in [0.2, 0.25) is 0 Å². The van der Waals surface area contributed by atoms with Crippen LogP contribution in [0.4, 0.5) is 5.69 Å². The molecule has 1 aromatic rings. The van der Waals surface area contributed by atoms with E-state index in [1.165, 1.54) is 4.68 Å². The van der Waals surface area contributed by atoms with Crippen molar-refractivity contribution in [2.75, 3.05) is 39.0 Å². The van der Waals surface area contributed by atoms with Gasteiger partial charge >= 0.3 is 0 Å². The van der Waals surface area contributed by atoms with E-state index in [0.29, 0.717) is 18.8 Å².